The Morgan fingerprint density at radius 2 is 1.26 bits per heavy atom. The smallest absolute Gasteiger partial charge is 0.277 e. The predicted octanol–water partition coefficient (Wildman–Crippen LogP) is 5.17. The lowest BCUT2D eigenvalue weighted by Gasteiger charge is -2.25. The fourth-order valence-electron chi connectivity index (χ4n) is 4.39. The van der Waals surface area contributed by atoms with Crippen LogP contribution in [-0.4, -0.2) is 75.8 Å². The van der Waals surface area contributed by atoms with Crippen molar-refractivity contribution in [2.45, 2.75) is 12.8 Å². The summed E-state index contributed by atoms with van der Waals surface area (Å²) in [6.07, 6.45) is 1.30. The van der Waals surface area contributed by atoms with E-state index in [0.717, 1.165) is 36.7 Å². The van der Waals surface area contributed by atoms with Gasteiger partial charge in [-0.3, -0.25) is 25.0 Å². The van der Waals surface area contributed by atoms with Gasteiger partial charge in [-0.2, -0.15) is 0 Å². The molecule has 0 fully saturated rings. The van der Waals surface area contributed by atoms with Crippen molar-refractivity contribution in [1.82, 2.24) is 4.90 Å². The summed E-state index contributed by atoms with van der Waals surface area (Å²) in [6.45, 7) is 1.59. The van der Waals surface area contributed by atoms with Gasteiger partial charge in [-0.05, 0) is 56.3 Å². The Bertz CT molecular complexity index is 1400. The minimum absolute atomic E-state index is 0. The average molecular weight is 619 g/mol. The molecule has 0 radical (unpaired) electrons. The van der Waals surface area contributed by atoms with Crippen LogP contribution in [0.15, 0.2) is 54.6 Å². The number of carbonyl (C=O) groups is 1. The maximum Gasteiger partial charge on any atom is 0.277 e. The summed E-state index contributed by atoms with van der Waals surface area (Å²) >= 11 is 0. The van der Waals surface area contributed by atoms with E-state index in [1.807, 2.05) is 25.2 Å². The molecule has 0 spiro atoms. The lowest BCUT2D eigenvalue weighted by molar-refractivity contribution is -0.394. The molecule has 3 rings (SSSR count). The maximum absolute atomic E-state index is 13.7. The van der Waals surface area contributed by atoms with Gasteiger partial charge < -0.3 is 28.7 Å². The number of methoxy groups -OCH3 is 4. The molecule has 0 aliphatic heterocycles. The molecule has 0 heterocycles. The highest BCUT2D eigenvalue weighted by molar-refractivity contribution is 6.07. The molecule has 13 nitrogen and oxygen atoms in total. The van der Waals surface area contributed by atoms with Gasteiger partial charge in [-0.1, -0.05) is 6.07 Å². The number of carbonyl (C=O) groups excluding carboxylic acids is 1. The number of halogens is 1. The van der Waals surface area contributed by atoms with Crippen LogP contribution < -0.4 is 23.8 Å². The Kier molecular flexibility index (Phi) is 13.0. The molecule has 232 valence electrons. The molecule has 14 heteroatoms. The Labute approximate surface area is 255 Å². The van der Waals surface area contributed by atoms with Gasteiger partial charge in [0.15, 0.2) is 23.0 Å². The second-order valence-corrected chi connectivity index (χ2v) is 9.34. The third-order valence-corrected chi connectivity index (χ3v) is 6.65. The molecule has 43 heavy (non-hydrogen) atoms. The number of nitro benzene ring substituents is 2. The van der Waals surface area contributed by atoms with E-state index >= 15 is 0 Å². The Balaban J connectivity index is 0.00000645. The molecule has 0 aromatic heterocycles. The Hall–Kier alpha value is -4.62. The van der Waals surface area contributed by atoms with Crippen molar-refractivity contribution >= 4 is 35.4 Å². The van der Waals surface area contributed by atoms with Crippen LogP contribution in [0.1, 0.15) is 22.3 Å². The van der Waals surface area contributed by atoms with Gasteiger partial charge in [0.05, 0.1) is 49.9 Å². The first-order valence-corrected chi connectivity index (χ1v) is 13.0. The van der Waals surface area contributed by atoms with Crippen LogP contribution in [0.3, 0.4) is 0 Å². The first-order valence-electron chi connectivity index (χ1n) is 13.0. The zero-order chi connectivity index (χ0) is 30.8. The monoisotopic (exact) mass is 618 g/mol. The molecule has 0 aliphatic carbocycles. The summed E-state index contributed by atoms with van der Waals surface area (Å²) in [7, 11) is 8.09. The third kappa shape index (κ3) is 8.93. The summed E-state index contributed by atoms with van der Waals surface area (Å²) in [5.74, 6) is 1.52. The molecule has 0 aliphatic rings. The largest absolute Gasteiger partial charge is 0.493 e. The van der Waals surface area contributed by atoms with E-state index in [9.17, 15) is 25.0 Å². The molecule has 1 amide bonds. The second kappa shape index (κ2) is 16.1. The molecule has 3 aromatic carbocycles. The summed E-state index contributed by atoms with van der Waals surface area (Å²) in [4.78, 5) is 38.6. The van der Waals surface area contributed by atoms with E-state index in [0.29, 0.717) is 41.7 Å². The normalized spacial score (nSPS) is 10.5. The van der Waals surface area contributed by atoms with E-state index < -0.39 is 27.1 Å². The highest BCUT2D eigenvalue weighted by Crippen LogP contribution is 2.33. The lowest BCUT2D eigenvalue weighted by Crippen LogP contribution is -2.34. The summed E-state index contributed by atoms with van der Waals surface area (Å²) in [5, 5.41) is 22.9. The highest BCUT2D eigenvalue weighted by atomic mass is 35.5. The topological polar surface area (TPSA) is 147 Å². The Morgan fingerprint density at radius 1 is 0.721 bits per heavy atom. The van der Waals surface area contributed by atoms with Crippen LogP contribution in [0, 0.1) is 20.2 Å². The van der Waals surface area contributed by atoms with Crippen molar-refractivity contribution in [2.24, 2.45) is 0 Å². The fourth-order valence-corrected chi connectivity index (χ4v) is 4.39. The first kappa shape index (κ1) is 34.6. The first-order chi connectivity index (χ1) is 20.1. The molecule has 0 unspecified atom stereocenters. The van der Waals surface area contributed by atoms with Crippen molar-refractivity contribution in [2.75, 3.05) is 60.0 Å². The average Bonchev–Trinajstić information content (AvgIpc) is 3.00. The number of amides is 1. The number of nitrogens with zero attached hydrogens (tertiary/aromatic N) is 4. The Morgan fingerprint density at radius 3 is 1.79 bits per heavy atom. The van der Waals surface area contributed by atoms with Crippen LogP contribution >= 0.6 is 12.4 Å². The number of benzene rings is 3. The zero-order valence-electron chi connectivity index (χ0n) is 24.6. The maximum atomic E-state index is 13.7. The molecule has 0 saturated heterocycles. The van der Waals surface area contributed by atoms with Gasteiger partial charge in [0.1, 0.15) is 0 Å². The fraction of sp³-hybridized carbons (Fsp3) is 0.345. The van der Waals surface area contributed by atoms with E-state index in [4.69, 9.17) is 18.9 Å². The molecular weight excluding hydrogens is 584 g/mol. The van der Waals surface area contributed by atoms with Crippen LogP contribution in [-0.2, 0) is 6.42 Å². The summed E-state index contributed by atoms with van der Waals surface area (Å²) < 4.78 is 21.4. The number of ether oxygens (including phenoxy) is 4. The molecular formula is C29H35ClN4O9. The SMILES string of the molecule is COc1ccc(CCN(C)CCCN(C(=O)c2cc([N+](=O)[O-])cc([N+](=O)[O-])c2)c2ccc(OC)c(OC)c2)cc1OC.Cl. The highest BCUT2D eigenvalue weighted by Gasteiger charge is 2.25. The van der Waals surface area contributed by atoms with Crippen molar-refractivity contribution in [3.63, 3.8) is 0 Å². The second-order valence-electron chi connectivity index (χ2n) is 9.34. The predicted molar refractivity (Wildman–Crippen MR) is 164 cm³/mol. The van der Waals surface area contributed by atoms with E-state index in [2.05, 4.69) is 4.90 Å². The van der Waals surface area contributed by atoms with E-state index in [1.54, 1.807) is 32.4 Å². The van der Waals surface area contributed by atoms with Gasteiger partial charge in [0, 0.05) is 37.0 Å². The molecule has 0 atom stereocenters. The van der Waals surface area contributed by atoms with Crippen molar-refractivity contribution in [3.8, 4) is 23.0 Å². The number of hydrogen-bond acceptors (Lipinski definition) is 10. The van der Waals surface area contributed by atoms with Crippen LogP contribution in [0.5, 0.6) is 23.0 Å². The minimum atomic E-state index is -0.766. The van der Waals surface area contributed by atoms with E-state index in [-0.39, 0.29) is 24.5 Å². The lowest BCUT2D eigenvalue weighted by atomic mass is 10.1. The minimum Gasteiger partial charge on any atom is -0.493 e. The van der Waals surface area contributed by atoms with Gasteiger partial charge in [0.25, 0.3) is 17.3 Å². The summed E-state index contributed by atoms with van der Waals surface area (Å²) in [6, 6.07) is 13.6. The van der Waals surface area contributed by atoms with Crippen molar-refractivity contribution < 1.29 is 33.6 Å². The number of non-ortho nitro benzene ring substituents is 2. The molecule has 3 aromatic rings. The van der Waals surface area contributed by atoms with Gasteiger partial charge in [-0.15, -0.1) is 12.4 Å². The summed E-state index contributed by atoms with van der Waals surface area (Å²) in [5.41, 5.74) is 0.255. The number of anilines is 1. The van der Waals surface area contributed by atoms with Crippen molar-refractivity contribution in [1.29, 1.82) is 0 Å². The van der Waals surface area contributed by atoms with Gasteiger partial charge in [-0.25, -0.2) is 0 Å². The van der Waals surface area contributed by atoms with Crippen LogP contribution in [0.4, 0.5) is 17.1 Å². The quantitative estimate of drug-likeness (QED) is 0.165. The van der Waals surface area contributed by atoms with Crippen LogP contribution in [0.2, 0.25) is 0 Å². The van der Waals surface area contributed by atoms with E-state index in [1.165, 1.54) is 19.1 Å². The standard InChI is InChI=1S/C29H34N4O9.ClH/c1-30(14-11-20-7-9-25(39-2)27(15-20)41-4)12-6-13-31(22-8-10-26(40-3)28(19-22)42-5)29(34)21-16-23(32(35)36)18-24(17-21)33(37)38;/h7-10,15-19H,6,11-14H2,1-5H3;1H. The number of rotatable bonds is 15. The van der Waals surface area contributed by atoms with Gasteiger partial charge in [0.2, 0.25) is 0 Å². The number of hydrogen-bond donors (Lipinski definition) is 0. The zero-order valence-corrected chi connectivity index (χ0v) is 25.4. The molecule has 0 bridgehead atoms. The van der Waals surface area contributed by atoms with Gasteiger partial charge >= 0.3 is 0 Å². The van der Waals surface area contributed by atoms with Crippen LogP contribution in [0.25, 0.3) is 0 Å². The third-order valence-electron chi connectivity index (χ3n) is 6.65. The molecule has 0 saturated carbocycles. The number of nitro groups is 2. The van der Waals surface area contributed by atoms with Crippen molar-refractivity contribution in [3.05, 3.63) is 86.0 Å². The molecule has 0 N–H and O–H groups in total. The number of likely N-dealkylation sites (N-methyl/N-ethyl adjacent to an activating group) is 1.